The van der Waals surface area contributed by atoms with E-state index in [2.05, 4.69) is 31.3 Å². The Balaban J connectivity index is 3.46. The van der Waals surface area contributed by atoms with Gasteiger partial charge >= 0.3 is 5.97 Å². The summed E-state index contributed by atoms with van der Waals surface area (Å²) in [5.41, 5.74) is 0. The Hall–Kier alpha value is -1.40. The molecule has 2 atom stereocenters. The van der Waals surface area contributed by atoms with Crippen molar-refractivity contribution in [2.24, 2.45) is 0 Å². The Kier molecular flexibility index (Phi) is 41.2. The molecular formula is C46H89NO5. The van der Waals surface area contributed by atoms with E-state index < -0.39 is 12.1 Å². The SMILES string of the molecule is CCCCC/C=C\CCCCCCCC(=O)OCCCCCCCCCCCCCCC(=O)NC(CO)C(O)CCCCCCCCCCCCC. The highest BCUT2D eigenvalue weighted by Crippen LogP contribution is 2.15. The van der Waals surface area contributed by atoms with Gasteiger partial charge in [0, 0.05) is 12.8 Å². The quantitative estimate of drug-likeness (QED) is 0.0329. The van der Waals surface area contributed by atoms with Crippen LogP contribution in [0.3, 0.4) is 0 Å². The summed E-state index contributed by atoms with van der Waals surface area (Å²) in [5, 5.41) is 23.1. The van der Waals surface area contributed by atoms with Crippen LogP contribution in [0.25, 0.3) is 0 Å². The summed E-state index contributed by atoms with van der Waals surface area (Å²) in [5.74, 6) is -0.0722. The Morgan fingerprint density at radius 3 is 1.40 bits per heavy atom. The number of allylic oxidation sites excluding steroid dienone is 2. The number of ether oxygens (including phenoxy) is 1. The summed E-state index contributed by atoms with van der Waals surface area (Å²) in [6, 6.07) is -0.550. The van der Waals surface area contributed by atoms with E-state index in [0.29, 0.717) is 25.9 Å². The van der Waals surface area contributed by atoms with Crippen LogP contribution in [0, 0.1) is 0 Å². The number of aliphatic hydroxyl groups is 2. The molecule has 0 saturated heterocycles. The molecule has 0 bridgehead atoms. The monoisotopic (exact) mass is 736 g/mol. The summed E-state index contributed by atoms with van der Waals surface area (Å²) in [4.78, 5) is 24.3. The number of esters is 1. The first-order chi connectivity index (χ1) is 25.5. The van der Waals surface area contributed by atoms with Gasteiger partial charge < -0.3 is 20.3 Å². The molecule has 0 aliphatic heterocycles. The minimum absolute atomic E-state index is 0.0197. The van der Waals surface area contributed by atoms with Crippen LogP contribution in [0.15, 0.2) is 12.2 Å². The Morgan fingerprint density at radius 1 is 0.519 bits per heavy atom. The zero-order valence-electron chi connectivity index (χ0n) is 34.8. The molecule has 0 aliphatic carbocycles. The lowest BCUT2D eigenvalue weighted by Crippen LogP contribution is -2.45. The standard InChI is InChI=1S/C46H89NO5/c1-3-5-7-9-11-13-15-20-24-28-32-36-40-46(51)52-41-37-33-29-25-21-17-16-19-23-27-31-35-39-45(50)47-43(42-48)44(49)38-34-30-26-22-18-14-12-10-8-6-4-2/h11,13,43-44,48-49H,3-10,12,14-42H2,1-2H3,(H,47,50)/b13-11-. The van der Waals surface area contributed by atoms with Crippen LogP contribution in [0.4, 0.5) is 0 Å². The molecule has 2 unspecified atom stereocenters. The van der Waals surface area contributed by atoms with Crippen LogP contribution in [-0.4, -0.2) is 47.4 Å². The minimum Gasteiger partial charge on any atom is -0.466 e. The van der Waals surface area contributed by atoms with Gasteiger partial charge in [-0.25, -0.2) is 0 Å². The molecule has 3 N–H and O–H groups in total. The number of hydrogen-bond donors (Lipinski definition) is 3. The highest BCUT2D eigenvalue weighted by Gasteiger charge is 2.20. The number of rotatable bonds is 42. The van der Waals surface area contributed by atoms with Crippen molar-refractivity contribution in [3.8, 4) is 0 Å². The fourth-order valence-corrected chi connectivity index (χ4v) is 6.98. The Bertz CT molecular complexity index is 772. The molecule has 0 radical (unpaired) electrons. The highest BCUT2D eigenvalue weighted by atomic mass is 16.5. The molecule has 0 fully saturated rings. The van der Waals surface area contributed by atoms with Gasteiger partial charge in [0.2, 0.25) is 5.91 Å². The van der Waals surface area contributed by atoms with E-state index in [1.807, 2.05) is 0 Å². The van der Waals surface area contributed by atoms with Gasteiger partial charge in [-0.2, -0.15) is 0 Å². The molecule has 1 amide bonds. The van der Waals surface area contributed by atoms with Crippen molar-refractivity contribution < 1.29 is 24.5 Å². The normalized spacial score (nSPS) is 12.8. The number of carbonyl (C=O) groups excluding carboxylic acids is 2. The lowest BCUT2D eigenvalue weighted by Gasteiger charge is -2.22. The van der Waals surface area contributed by atoms with Gasteiger partial charge in [0.05, 0.1) is 25.4 Å². The molecular weight excluding hydrogens is 647 g/mol. The molecule has 6 nitrogen and oxygen atoms in total. The van der Waals surface area contributed by atoms with Crippen LogP contribution in [-0.2, 0) is 14.3 Å². The van der Waals surface area contributed by atoms with E-state index in [-0.39, 0.29) is 18.5 Å². The lowest BCUT2D eigenvalue weighted by molar-refractivity contribution is -0.143. The molecule has 0 aliphatic rings. The van der Waals surface area contributed by atoms with Crippen molar-refractivity contribution >= 4 is 11.9 Å². The van der Waals surface area contributed by atoms with E-state index in [9.17, 15) is 19.8 Å². The average molecular weight is 736 g/mol. The summed E-state index contributed by atoms with van der Waals surface area (Å²) in [6.07, 6.45) is 45.9. The lowest BCUT2D eigenvalue weighted by atomic mass is 10.0. The molecule has 0 heterocycles. The van der Waals surface area contributed by atoms with Crippen LogP contribution >= 0.6 is 0 Å². The van der Waals surface area contributed by atoms with Crippen molar-refractivity contribution in [3.63, 3.8) is 0 Å². The second-order valence-electron chi connectivity index (χ2n) is 15.7. The first-order valence-corrected chi connectivity index (χ1v) is 22.9. The maximum atomic E-state index is 12.4. The van der Waals surface area contributed by atoms with Crippen LogP contribution in [0.2, 0.25) is 0 Å². The number of aliphatic hydroxyl groups excluding tert-OH is 2. The third-order valence-corrected chi connectivity index (χ3v) is 10.6. The van der Waals surface area contributed by atoms with E-state index in [1.54, 1.807) is 0 Å². The fourth-order valence-electron chi connectivity index (χ4n) is 6.98. The Labute approximate surface area is 323 Å². The molecule has 0 spiro atoms. The van der Waals surface area contributed by atoms with Crippen LogP contribution in [0.5, 0.6) is 0 Å². The minimum atomic E-state index is -0.672. The summed E-state index contributed by atoms with van der Waals surface area (Å²) < 4.78 is 5.43. The predicted octanol–water partition coefficient (Wildman–Crippen LogP) is 13.0. The fraction of sp³-hybridized carbons (Fsp3) is 0.913. The van der Waals surface area contributed by atoms with E-state index >= 15 is 0 Å². The van der Waals surface area contributed by atoms with Gasteiger partial charge in [-0.1, -0.05) is 193 Å². The van der Waals surface area contributed by atoms with E-state index in [4.69, 9.17) is 4.74 Å². The molecule has 6 heteroatoms. The molecule has 0 saturated carbocycles. The van der Waals surface area contributed by atoms with Crippen LogP contribution in [0.1, 0.15) is 245 Å². The number of amides is 1. The van der Waals surface area contributed by atoms with Gasteiger partial charge in [0.15, 0.2) is 0 Å². The van der Waals surface area contributed by atoms with Gasteiger partial charge in [-0.3, -0.25) is 9.59 Å². The third-order valence-electron chi connectivity index (χ3n) is 10.6. The van der Waals surface area contributed by atoms with E-state index in [0.717, 1.165) is 57.8 Å². The smallest absolute Gasteiger partial charge is 0.305 e. The van der Waals surface area contributed by atoms with Crippen molar-refractivity contribution in [3.05, 3.63) is 12.2 Å². The van der Waals surface area contributed by atoms with Gasteiger partial charge in [-0.15, -0.1) is 0 Å². The molecule has 0 aromatic rings. The highest BCUT2D eigenvalue weighted by molar-refractivity contribution is 5.76. The summed E-state index contributed by atoms with van der Waals surface area (Å²) >= 11 is 0. The molecule has 0 rings (SSSR count). The molecule has 0 aromatic carbocycles. The molecule has 0 aromatic heterocycles. The predicted molar refractivity (Wildman–Crippen MR) is 223 cm³/mol. The van der Waals surface area contributed by atoms with Crippen molar-refractivity contribution in [1.82, 2.24) is 5.32 Å². The zero-order chi connectivity index (χ0) is 38.0. The molecule has 52 heavy (non-hydrogen) atoms. The molecule has 308 valence electrons. The maximum absolute atomic E-state index is 12.4. The second-order valence-corrected chi connectivity index (χ2v) is 15.7. The largest absolute Gasteiger partial charge is 0.466 e. The zero-order valence-corrected chi connectivity index (χ0v) is 34.8. The van der Waals surface area contributed by atoms with Crippen LogP contribution < -0.4 is 5.32 Å². The number of unbranched alkanes of at least 4 members (excludes halogenated alkanes) is 29. The summed E-state index contributed by atoms with van der Waals surface area (Å²) in [6.45, 7) is 4.87. The summed E-state index contributed by atoms with van der Waals surface area (Å²) in [7, 11) is 0. The van der Waals surface area contributed by atoms with Gasteiger partial charge in [-0.05, 0) is 51.4 Å². The topological polar surface area (TPSA) is 95.9 Å². The number of hydrogen-bond acceptors (Lipinski definition) is 5. The number of nitrogens with one attached hydrogen (secondary N) is 1. The van der Waals surface area contributed by atoms with Crippen molar-refractivity contribution in [2.75, 3.05) is 13.2 Å². The second kappa shape index (κ2) is 42.3. The first-order valence-electron chi connectivity index (χ1n) is 22.9. The van der Waals surface area contributed by atoms with Crippen molar-refractivity contribution in [2.45, 2.75) is 257 Å². The van der Waals surface area contributed by atoms with E-state index in [1.165, 1.54) is 154 Å². The van der Waals surface area contributed by atoms with Gasteiger partial charge in [0.1, 0.15) is 0 Å². The maximum Gasteiger partial charge on any atom is 0.305 e. The third kappa shape index (κ3) is 38.3. The average Bonchev–Trinajstić information content (AvgIpc) is 3.14. The first kappa shape index (κ1) is 50.6. The Morgan fingerprint density at radius 2 is 0.904 bits per heavy atom. The van der Waals surface area contributed by atoms with Crippen molar-refractivity contribution in [1.29, 1.82) is 0 Å². The number of carbonyl (C=O) groups is 2. The van der Waals surface area contributed by atoms with Gasteiger partial charge in [0.25, 0.3) is 0 Å².